The minimum absolute atomic E-state index is 0.587. The van der Waals surface area contributed by atoms with Crippen LogP contribution in [0.2, 0.25) is 0 Å². The zero-order chi connectivity index (χ0) is 18.0. The van der Waals surface area contributed by atoms with Gasteiger partial charge in [-0.2, -0.15) is 0 Å². The Bertz CT molecular complexity index is 906. The molecule has 3 aromatic rings. The molecule has 0 aliphatic heterocycles. The summed E-state index contributed by atoms with van der Waals surface area (Å²) in [6.45, 7) is 6.81. The lowest BCUT2D eigenvalue weighted by molar-refractivity contribution is 0.311. The zero-order valence-electron chi connectivity index (χ0n) is 15.5. The van der Waals surface area contributed by atoms with Gasteiger partial charge in [0.05, 0.1) is 24.9 Å². The maximum Gasteiger partial charge on any atom is 0.163 e. The molecule has 0 N–H and O–H groups in total. The van der Waals surface area contributed by atoms with Gasteiger partial charge in [0.1, 0.15) is 0 Å². The average Bonchev–Trinajstić information content (AvgIpc) is 2.62. The van der Waals surface area contributed by atoms with E-state index in [0.717, 1.165) is 33.8 Å². The van der Waals surface area contributed by atoms with Crippen molar-refractivity contribution in [2.24, 2.45) is 0 Å². The van der Waals surface area contributed by atoms with Gasteiger partial charge >= 0.3 is 0 Å². The molecule has 0 aliphatic rings. The van der Waals surface area contributed by atoms with E-state index in [2.05, 4.69) is 49.0 Å². The van der Waals surface area contributed by atoms with Crippen LogP contribution in [0.25, 0.3) is 10.9 Å². The zero-order valence-corrected chi connectivity index (χ0v) is 15.5. The number of methoxy groups -OCH3 is 1. The van der Waals surface area contributed by atoms with Crippen LogP contribution in [0.5, 0.6) is 11.5 Å². The second-order valence-electron chi connectivity index (χ2n) is 6.11. The van der Waals surface area contributed by atoms with Gasteiger partial charge in [0.2, 0.25) is 0 Å². The van der Waals surface area contributed by atoms with Gasteiger partial charge in [0.25, 0.3) is 0 Å². The fourth-order valence-electron chi connectivity index (χ4n) is 2.93. The molecule has 0 spiro atoms. The summed E-state index contributed by atoms with van der Waals surface area (Å²) in [6, 6.07) is 12.5. The molecule has 3 rings (SSSR count). The highest BCUT2D eigenvalue weighted by Gasteiger charge is 2.14. The maximum absolute atomic E-state index is 5.67. The molecule has 1 heterocycles. The molecule has 0 aliphatic carbocycles. The van der Waals surface area contributed by atoms with Gasteiger partial charge in [-0.1, -0.05) is 6.07 Å². The molecule has 130 valence electrons. The Hall–Kier alpha value is -2.75. The van der Waals surface area contributed by atoms with Gasteiger partial charge in [-0.25, -0.2) is 0 Å². The summed E-state index contributed by atoms with van der Waals surface area (Å²) in [5.74, 6) is 1.44. The van der Waals surface area contributed by atoms with Crippen LogP contribution < -0.4 is 14.4 Å². The third-order valence-corrected chi connectivity index (χ3v) is 4.54. The molecular weight excluding hydrogens is 312 g/mol. The van der Waals surface area contributed by atoms with Crippen LogP contribution in [0.3, 0.4) is 0 Å². The van der Waals surface area contributed by atoms with Gasteiger partial charge in [-0.05, 0) is 56.2 Å². The van der Waals surface area contributed by atoms with Crippen molar-refractivity contribution in [3.8, 4) is 11.5 Å². The SMILES string of the molecule is CCOc1cc2nccc(N(C)c3ccc(C)c(C)c3)c2cc1OC. The molecule has 0 bridgehead atoms. The molecule has 25 heavy (non-hydrogen) atoms. The molecule has 0 radical (unpaired) electrons. The number of nitrogens with zero attached hydrogens (tertiary/aromatic N) is 2. The third-order valence-electron chi connectivity index (χ3n) is 4.54. The lowest BCUT2D eigenvalue weighted by Crippen LogP contribution is -2.10. The minimum atomic E-state index is 0.587. The summed E-state index contributed by atoms with van der Waals surface area (Å²) in [7, 11) is 3.73. The number of pyridine rings is 1. The van der Waals surface area contributed by atoms with E-state index in [9.17, 15) is 0 Å². The van der Waals surface area contributed by atoms with Gasteiger partial charge in [-0.15, -0.1) is 0 Å². The molecule has 0 unspecified atom stereocenters. The van der Waals surface area contributed by atoms with E-state index in [1.807, 2.05) is 31.3 Å². The number of aryl methyl sites for hydroxylation is 2. The summed E-state index contributed by atoms with van der Waals surface area (Å²) in [4.78, 5) is 6.68. The average molecular weight is 336 g/mol. The van der Waals surface area contributed by atoms with Crippen molar-refractivity contribution >= 4 is 22.3 Å². The Labute approximate surface area is 149 Å². The fourth-order valence-corrected chi connectivity index (χ4v) is 2.93. The van der Waals surface area contributed by atoms with Crippen molar-refractivity contribution in [2.45, 2.75) is 20.8 Å². The first kappa shape index (κ1) is 17.1. The van der Waals surface area contributed by atoms with E-state index in [4.69, 9.17) is 9.47 Å². The van der Waals surface area contributed by atoms with Crippen molar-refractivity contribution in [3.05, 3.63) is 53.7 Å². The summed E-state index contributed by atoms with van der Waals surface area (Å²) in [5.41, 5.74) is 5.68. The monoisotopic (exact) mass is 336 g/mol. The number of fused-ring (bicyclic) bond motifs is 1. The van der Waals surface area contributed by atoms with Crippen LogP contribution in [-0.4, -0.2) is 25.7 Å². The molecule has 0 saturated carbocycles. The Morgan fingerprint density at radius 2 is 1.80 bits per heavy atom. The first-order valence-electron chi connectivity index (χ1n) is 8.45. The Morgan fingerprint density at radius 3 is 2.48 bits per heavy atom. The molecule has 0 amide bonds. The third kappa shape index (κ3) is 3.25. The normalized spacial score (nSPS) is 10.8. The largest absolute Gasteiger partial charge is 0.493 e. The molecule has 4 nitrogen and oxygen atoms in total. The van der Waals surface area contributed by atoms with Crippen LogP contribution in [-0.2, 0) is 0 Å². The van der Waals surface area contributed by atoms with Crippen molar-refractivity contribution in [1.29, 1.82) is 0 Å². The summed E-state index contributed by atoms with van der Waals surface area (Å²) in [5, 5.41) is 1.03. The second kappa shape index (κ2) is 7.01. The Kier molecular flexibility index (Phi) is 4.79. The molecule has 2 aromatic carbocycles. The first-order valence-corrected chi connectivity index (χ1v) is 8.45. The van der Waals surface area contributed by atoms with Gasteiger partial charge in [0.15, 0.2) is 11.5 Å². The fraction of sp³-hybridized carbons (Fsp3) is 0.286. The number of aromatic nitrogens is 1. The topological polar surface area (TPSA) is 34.6 Å². The van der Waals surface area contributed by atoms with Crippen LogP contribution in [0.1, 0.15) is 18.1 Å². The molecule has 4 heteroatoms. The highest BCUT2D eigenvalue weighted by molar-refractivity contribution is 5.95. The molecular formula is C21H24N2O2. The summed E-state index contributed by atoms with van der Waals surface area (Å²) >= 11 is 0. The van der Waals surface area contributed by atoms with Crippen molar-refractivity contribution in [2.75, 3.05) is 25.7 Å². The predicted molar refractivity (Wildman–Crippen MR) is 103 cm³/mol. The number of hydrogen-bond acceptors (Lipinski definition) is 4. The smallest absolute Gasteiger partial charge is 0.163 e. The van der Waals surface area contributed by atoms with Crippen LogP contribution >= 0.6 is 0 Å². The van der Waals surface area contributed by atoms with Gasteiger partial charge in [0, 0.05) is 30.4 Å². The van der Waals surface area contributed by atoms with E-state index in [-0.39, 0.29) is 0 Å². The first-order chi connectivity index (χ1) is 12.0. The number of anilines is 2. The van der Waals surface area contributed by atoms with Crippen LogP contribution in [0, 0.1) is 13.8 Å². The van der Waals surface area contributed by atoms with Crippen LogP contribution in [0.15, 0.2) is 42.6 Å². The lowest BCUT2D eigenvalue weighted by Gasteiger charge is -2.22. The molecule has 0 fully saturated rings. The highest BCUT2D eigenvalue weighted by atomic mass is 16.5. The number of ether oxygens (including phenoxy) is 2. The van der Waals surface area contributed by atoms with Gasteiger partial charge in [-0.3, -0.25) is 4.98 Å². The number of rotatable bonds is 5. The van der Waals surface area contributed by atoms with Gasteiger partial charge < -0.3 is 14.4 Å². The second-order valence-corrected chi connectivity index (χ2v) is 6.11. The van der Waals surface area contributed by atoms with E-state index in [0.29, 0.717) is 6.61 Å². The maximum atomic E-state index is 5.67. The number of benzene rings is 2. The standard InChI is InChI=1S/C21H24N2O2/c1-6-25-21-13-18-17(12-20(21)24-5)19(9-10-22-18)23(4)16-8-7-14(2)15(3)11-16/h7-13H,6H2,1-5H3. The lowest BCUT2D eigenvalue weighted by atomic mass is 10.1. The molecule has 1 aromatic heterocycles. The minimum Gasteiger partial charge on any atom is -0.493 e. The molecule has 0 saturated heterocycles. The molecule has 0 atom stereocenters. The predicted octanol–water partition coefficient (Wildman–Crippen LogP) is 5.03. The quantitative estimate of drug-likeness (QED) is 0.655. The van der Waals surface area contributed by atoms with E-state index < -0.39 is 0 Å². The van der Waals surface area contributed by atoms with Crippen molar-refractivity contribution in [3.63, 3.8) is 0 Å². The number of hydrogen-bond donors (Lipinski definition) is 0. The van der Waals surface area contributed by atoms with Crippen molar-refractivity contribution in [1.82, 2.24) is 4.98 Å². The Balaban J connectivity index is 2.13. The van der Waals surface area contributed by atoms with E-state index in [1.54, 1.807) is 7.11 Å². The van der Waals surface area contributed by atoms with Crippen LogP contribution in [0.4, 0.5) is 11.4 Å². The van der Waals surface area contributed by atoms with Crippen molar-refractivity contribution < 1.29 is 9.47 Å². The summed E-state index contributed by atoms with van der Waals surface area (Å²) in [6.07, 6.45) is 1.83. The highest BCUT2D eigenvalue weighted by Crippen LogP contribution is 2.37. The van der Waals surface area contributed by atoms with E-state index in [1.165, 1.54) is 11.1 Å². The Morgan fingerprint density at radius 1 is 1.00 bits per heavy atom. The summed E-state index contributed by atoms with van der Waals surface area (Å²) < 4.78 is 11.2. The van der Waals surface area contributed by atoms with E-state index >= 15 is 0 Å².